The van der Waals surface area contributed by atoms with Crippen LogP contribution in [0.4, 0.5) is 5.69 Å². The van der Waals surface area contributed by atoms with E-state index in [1.54, 1.807) is 0 Å². The fourth-order valence-electron chi connectivity index (χ4n) is 2.16. The van der Waals surface area contributed by atoms with Gasteiger partial charge in [-0.1, -0.05) is 45.6 Å². The fraction of sp³-hybridized carbons (Fsp3) is 0.625. The molecular formula is C16H27N. The van der Waals surface area contributed by atoms with Crippen molar-refractivity contribution < 1.29 is 0 Å². The number of hydrogen-bond donors (Lipinski definition) is 1. The summed E-state index contributed by atoms with van der Waals surface area (Å²) in [6.45, 7) is 7.78. The van der Waals surface area contributed by atoms with E-state index in [1.807, 2.05) is 0 Å². The molecule has 0 saturated heterocycles. The zero-order valence-corrected chi connectivity index (χ0v) is 11.7. The SMILES string of the molecule is CCCCCCCNc1ccc(CC)c(C)c1. The molecule has 0 aliphatic heterocycles. The highest BCUT2D eigenvalue weighted by atomic mass is 14.9. The van der Waals surface area contributed by atoms with E-state index in [0.717, 1.165) is 13.0 Å². The average molecular weight is 233 g/mol. The van der Waals surface area contributed by atoms with Crippen LogP contribution in [0, 0.1) is 6.92 Å². The van der Waals surface area contributed by atoms with Gasteiger partial charge in [-0.2, -0.15) is 0 Å². The van der Waals surface area contributed by atoms with Crippen molar-refractivity contribution in [2.24, 2.45) is 0 Å². The lowest BCUT2D eigenvalue weighted by molar-refractivity contribution is 0.645. The Labute approximate surface area is 107 Å². The van der Waals surface area contributed by atoms with Crippen molar-refractivity contribution in [2.45, 2.75) is 59.3 Å². The minimum atomic E-state index is 1.11. The van der Waals surface area contributed by atoms with Gasteiger partial charge in [0, 0.05) is 12.2 Å². The Balaban J connectivity index is 2.25. The third kappa shape index (κ3) is 5.25. The highest BCUT2D eigenvalue weighted by Gasteiger charge is 1.97. The van der Waals surface area contributed by atoms with Gasteiger partial charge in [-0.05, 0) is 43.0 Å². The first-order chi connectivity index (χ1) is 8.27. The van der Waals surface area contributed by atoms with Crippen LogP contribution in [0.2, 0.25) is 0 Å². The lowest BCUT2D eigenvalue weighted by Crippen LogP contribution is -2.02. The maximum Gasteiger partial charge on any atom is 0.0343 e. The Hall–Kier alpha value is -0.980. The molecule has 17 heavy (non-hydrogen) atoms. The number of benzene rings is 1. The van der Waals surface area contributed by atoms with Gasteiger partial charge in [0.1, 0.15) is 0 Å². The largest absolute Gasteiger partial charge is 0.385 e. The second-order valence-electron chi connectivity index (χ2n) is 4.84. The number of aryl methyl sites for hydroxylation is 2. The van der Waals surface area contributed by atoms with Gasteiger partial charge in [0.15, 0.2) is 0 Å². The first-order valence-corrected chi connectivity index (χ1v) is 7.11. The van der Waals surface area contributed by atoms with E-state index in [-0.39, 0.29) is 0 Å². The Bertz CT molecular complexity index is 317. The molecule has 0 bridgehead atoms. The maximum absolute atomic E-state index is 3.51. The van der Waals surface area contributed by atoms with Gasteiger partial charge in [-0.25, -0.2) is 0 Å². The summed E-state index contributed by atoms with van der Waals surface area (Å²) in [7, 11) is 0. The van der Waals surface area contributed by atoms with Crippen LogP contribution >= 0.6 is 0 Å². The first-order valence-electron chi connectivity index (χ1n) is 7.11. The highest BCUT2D eigenvalue weighted by Crippen LogP contribution is 2.15. The molecule has 1 heteroatoms. The summed E-state index contributed by atoms with van der Waals surface area (Å²) in [6, 6.07) is 6.72. The van der Waals surface area contributed by atoms with Crippen molar-refractivity contribution >= 4 is 5.69 Å². The van der Waals surface area contributed by atoms with Crippen molar-refractivity contribution in [1.29, 1.82) is 0 Å². The Morgan fingerprint density at radius 3 is 2.41 bits per heavy atom. The van der Waals surface area contributed by atoms with Crippen LogP contribution in [-0.2, 0) is 6.42 Å². The van der Waals surface area contributed by atoms with Gasteiger partial charge in [-0.15, -0.1) is 0 Å². The number of unbranched alkanes of at least 4 members (excludes halogenated alkanes) is 4. The second-order valence-corrected chi connectivity index (χ2v) is 4.84. The quantitative estimate of drug-likeness (QED) is 0.627. The Morgan fingerprint density at radius 2 is 1.76 bits per heavy atom. The van der Waals surface area contributed by atoms with Gasteiger partial charge in [0.2, 0.25) is 0 Å². The zero-order valence-electron chi connectivity index (χ0n) is 11.7. The molecule has 0 amide bonds. The van der Waals surface area contributed by atoms with Crippen LogP contribution < -0.4 is 5.32 Å². The van der Waals surface area contributed by atoms with Crippen LogP contribution in [-0.4, -0.2) is 6.54 Å². The van der Waals surface area contributed by atoms with Crippen molar-refractivity contribution in [3.63, 3.8) is 0 Å². The Kier molecular flexibility index (Phi) is 6.76. The lowest BCUT2D eigenvalue weighted by atomic mass is 10.1. The molecule has 1 aromatic carbocycles. The van der Waals surface area contributed by atoms with Crippen LogP contribution in [0.1, 0.15) is 57.1 Å². The van der Waals surface area contributed by atoms with Crippen LogP contribution in [0.5, 0.6) is 0 Å². The summed E-state index contributed by atoms with van der Waals surface area (Å²) in [5.74, 6) is 0. The van der Waals surface area contributed by atoms with E-state index >= 15 is 0 Å². The molecule has 0 unspecified atom stereocenters. The van der Waals surface area contributed by atoms with E-state index in [2.05, 4.69) is 44.3 Å². The van der Waals surface area contributed by atoms with Crippen LogP contribution in [0.25, 0.3) is 0 Å². The monoisotopic (exact) mass is 233 g/mol. The minimum Gasteiger partial charge on any atom is -0.385 e. The van der Waals surface area contributed by atoms with Crippen molar-refractivity contribution in [1.82, 2.24) is 0 Å². The third-order valence-corrected chi connectivity index (χ3v) is 3.33. The molecule has 0 spiro atoms. The summed E-state index contributed by atoms with van der Waals surface area (Å²) < 4.78 is 0. The van der Waals surface area contributed by atoms with E-state index in [4.69, 9.17) is 0 Å². The predicted molar refractivity (Wildman–Crippen MR) is 77.8 cm³/mol. The smallest absolute Gasteiger partial charge is 0.0343 e. The summed E-state index contributed by atoms with van der Waals surface area (Å²) in [5, 5.41) is 3.51. The van der Waals surface area contributed by atoms with Crippen molar-refractivity contribution in [3.05, 3.63) is 29.3 Å². The standard InChI is InChI=1S/C16H27N/c1-4-6-7-8-9-12-17-16-11-10-15(5-2)14(3)13-16/h10-11,13,17H,4-9,12H2,1-3H3. The normalized spacial score (nSPS) is 10.5. The topological polar surface area (TPSA) is 12.0 Å². The second kappa shape index (κ2) is 8.16. The summed E-state index contributed by atoms with van der Waals surface area (Å²) in [5.41, 5.74) is 4.14. The fourth-order valence-corrected chi connectivity index (χ4v) is 2.16. The molecule has 1 nitrogen and oxygen atoms in total. The molecule has 0 aliphatic rings. The van der Waals surface area contributed by atoms with Gasteiger partial charge in [-0.3, -0.25) is 0 Å². The van der Waals surface area contributed by atoms with Gasteiger partial charge < -0.3 is 5.32 Å². The molecule has 0 radical (unpaired) electrons. The van der Waals surface area contributed by atoms with Gasteiger partial charge in [0.25, 0.3) is 0 Å². The molecule has 96 valence electrons. The van der Waals surface area contributed by atoms with Crippen LogP contribution in [0.3, 0.4) is 0 Å². The minimum absolute atomic E-state index is 1.11. The predicted octanol–water partition coefficient (Wildman–Crippen LogP) is 4.94. The number of anilines is 1. The summed E-state index contributed by atoms with van der Waals surface area (Å²) in [6.07, 6.45) is 7.85. The van der Waals surface area contributed by atoms with Crippen molar-refractivity contribution in [2.75, 3.05) is 11.9 Å². The Morgan fingerprint density at radius 1 is 1.00 bits per heavy atom. The molecule has 0 atom stereocenters. The van der Waals surface area contributed by atoms with E-state index < -0.39 is 0 Å². The van der Waals surface area contributed by atoms with E-state index in [0.29, 0.717) is 0 Å². The summed E-state index contributed by atoms with van der Waals surface area (Å²) in [4.78, 5) is 0. The zero-order chi connectivity index (χ0) is 12.5. The third-order valence-electron chi connectivity index (χ3n) is 3.33. The van der Waals surface area contributed by atoms with E-state index in [1.165, 1.54) is 48.9 Å². The average Bonchev–Trinajstić information content (AvgIpc) is 2.34. The molecule has 0 fully saturated rings. The number of nitrogens with one attached hydrogen (secondary N) is 1. The number of hydrogen-bond acceptors (Lipinski definition) is 1. The molecule has 0 saturated carbocycles. The first kappa shape index (κ1) is 14.1. The van der Waals surface area contributed by atoms with E-state index in [9.17, 15) is 0 Å². The lowest BCUT2D eigenvalue weighted by Gasteiger charge is -2.09. The maximum atomic E-state index is 3.51. The number of rotatable bonds is 8. The molecule has 0 aliphatic carbocycles. The molecule has 1 N–H and O–H groups in total. The van der Waals surface area contributed by atoms with Gasteiger partial charge in [0.05, 0.1) is 0 Å². The molecule has 1 rings (SSSR count). The van der Waals surface area contributed by atoms with Crippen molar-refractivity contribution in [3.8, 4) is 0 Å². The summed E-state index contributed by atoms with van der Waals surface area (Å²) >= 11 is 0. The van der Waals surface area contributed by atoms with Crippen LogP contribution in [0.15, 0.2) is 18.2 Å². The van der Waals surface area contributed by atoms with Gasteiger partial charge >= 0.3 is 0 Å². The molecular weight excluding hydrogens is 206 g/mol. The highest BCUT2D eigenvalue weighted by molar-refractivity contribution is 5.48. The molecule has 0 aromatic heterocycles. The molecule has 1 aromatic rings. The molecule has 0 heterocycles.